The van der Waals surface area contributed by atoms with Gasteiger partial charge >= 0.3 is 5.16 Å². The van der Waals surface area contributed by atoms with Crippen LogP contribution in [0.5, 0.6) is 0 Å². The second-order valence-corrected chi connectivity index (χ2v) is 3.37. The Morgan fingerprint density at radius 3 is 2.92 bits per heavy atom. The van der Waals surface area contributed by atoms with E-state index < -0.39 is 0 Å². The molecule has 1 aromatic heterocycles. The molecule has 13 heavy (non-hydrogen) atoms. The fraction of sp³-hybridized carbons (Fsp3) is 0.111. The van der Waals surface area contributed by atoms with Crippen molar-refractivity contribution in [1.29, 1.82) is 0 Å². The van der Waals surface area contributed by atoms with Crippen molar-refractivity contribution in [2.75, 3.05) is 6.26 Å². The maximum atomic E-state index is 11.6. The van der Waals surface area contributed by atoms with E-state index in [0.717, 1.165) is 10.1 Å². The molecule has 2 rings (SSSR count). The van der Waals surface area contributed by atoms with E-state index in [2.05, 4.69) is 4.98 Å². The molecule has 0 aliphatic carbocycles. The molecule has 0 amide bonds. The summed E-state index contributed by atoms with van der Waals surface area (Å²) in [5.41, 5.74) is 0.668. The molecular formula is C9H8N2OS. The average molecular weight is 192 g/mol. The lowest BCUT2D eigenvalue weighted by Gasteiger charge is -2.06. The van der Waals surface area contributed by atoms with Crippen LogP contribution in [0.1, 0.15) is 0 Å². The lowest BCUT2D eigenvalue weighted by molar-refractivity contribution is -0.623. The van der Waals surface area contributed by atoms with Gasteiger partial charge in [-0.2, -0.15) is 0 Å². The summed E-state index contributed by atoms with van der Waals surface area (Å²) in [4.78, 5) is 4.04. The van der Waals surface area contributed by atoms with Crippen LogP contribution in [-0.4, -0.2) is 11.2 Å². The van der Waals surface area contributed by atoms with Crippen molar-refractivity contribution in [2.24, 2.45) is 0 Å². The van der Waals surface area contributed by atoms with Gasteiger partial charge in [0, 0.05) is 0 Å². The highest BCUT2D eigenvalue weighted by Gasteiger charge is 2.08. The summed E-state index contributed by atoms with van der Waals surface area (Å²) in [6, 6.07) is 7.41. The molecule has 0 atom stereocenters. The summed E-state index contributed by atoms with van der Waals surface area (Å²) in [7, 11) is 0. The van der Waals surface area contributed by atoms with Crippen molar-refractivity contribution in [2.45, 2.75) is 5.16 Å². The van der Waals surface area contributed by atoms with Gasteiger partial charge in [-0.05, 0) is 35.1 Å². The van der Waals surface area contributed by atoms with Gasteiger partial charge in [0.1, 0.15) is 5.52 Å². The maximum absolute atomic E-state index is 11.6. The van der Waals surface area contributed by atoms with Crippen LogP contribution in [0.15, 0.2) is 35.6 Å². The molecule has 0 saturated heterocycles. The van der Waals surface area contributed by atoms with Gasteiger partial charge in [-0.15, -0.1) is 0 Å². The van der Waals surface area contributed by atoms with Crippen LogP contribution in [0.3, 0.4) is 0 Å². The zero-order valence-corrected chi connectivity index (χ0v) is 7.91. The first-order chi connectivity index (χ1) is 6.33. The number of benzene rings is 1. The standard InChI is InChI=1S/C9H8N2OS/c1-13-9-10-6-7-4-2-3-5-8(7)11(9)12/h2-6H,1H3. The minimum Gasteiger partial charge on any atom is -0.710 e. The first kappa shape index (κ1) is 8.31. The lowest BCUT2D eigenvalue weighted by atomic mass is 10.2. The number of nitrogens with zero attached hydrogens (tertiary/aromatic N) is 2. The van der Waals surface area contributed by atoms with Crippen molar-refractivity contribution >= 4 is 22.7 Å². The Hall–Kier alpha value is -1.29. The van der Waals surface area contributed by atoms with Crippen LogP contribution < -0.4 is 4.73 Å². The van der Waals surface area contributed by atoms with E-state index in [-0.39, 0.29) is 0 Å². The Balaban J connectivity index is 2.79. The second kappa shape index (κ2) is 3.22. The Labute approximate surface area is 80.0 Å². The molecule has 0 radical (unpaired) electrons. The Kier molecular flexibility index (Phi) is 2.06. The third kappa shape index (κ3) is 1.33. The van der Waals surface area contributed by atoms with Crippen LogP contribution in [0.4, 0.5) is 0 Å². The second-order valence-electron chi connectivity index (χ2n) is 2.60. The van der Waals surface area contributed by atoms with Crippen LogP contribution >= 0.6 is 11.8 Å². The molecule has 0 N–H and O–H groups in total. The van der Waals surface area contributed by atoms with Gasteiger partial charge in [0.15, 0.2) is 6.20 Å². The average Bonchev–Trinajstić information content (AvgIpc) is 2.19. The number of rotatable bonds is 1. The van der Waals surface area contributed by atoms with E-state index in [4.69, 9.17) is 0 Å². The Morgan fingerprint density at radius 2 is 2.15 bits per heavy atom. The Bertz CT molecular complexity index is 445. The predicted molar refractivity (Wildman–Crippen MR) is 52.5 cm³/mol. The van der Waals surface area contributed by atoms with Crippen molar-refractivity contribution in [1.82, 2.24) is 4.98 Å². The summed E-state index contributed by atoms with van der Waals surface area (Å²) in [5.74, 6) is 0. The van der Waals surface area contributed by atoms with Crippen LogP contribution in [0.2, 0.25) is 0 Å². The van der Waals surface area contributed by atoms with E-state index in [1.807, 2.05) is 24.5 Å². The molecule has 3 nitrogen and oxygen atoms in total. The van der Waals surface area contributed by atoms with Crippen molar-refractivity contribution in [3.8, 4) is 0 Å². The fourth-order valence-corrected chi connectivity index (χ4v) is 1.62. The summed E-state index contributed by atoms with van der Waals surface area (Å²) in [6.07, 6.45) is 3.56. The molecule has 0 spiro atoms. The number of fused-ring (bicyclic) bond motifs is 1. The molecule has 0 saturated carbocycles. The monoisotopic (exact) mass is 192 g/mol. The number of thioether (sulfide) groups is 1. The van der Waals surface area contributed by atoms with E-state index in [0.29, 0.717) is 10.7 Å². The summed E-state index contributed by atoms with van der Waals surface area (Å²) < 4.78 is 0.861. The van der Waals surface area contributed by atoms with Gasteiger partial charge in [0.25, 0.3) is 0 Å². The molecule has 2 aromatic rings. The maximum Gasteiger partial charge on any atom is 0.362 e. The van der Waals surface area contributed by atoms with Crippen molar-refractivity contribution < 1.29 is 4.73 Å². The molecule has 0 aliphatic heterocycles. The van der Waals surface area contributed by atoms with Gasteiger partial charge in [0.05, 0.1) is 5.39 Å². The fourth-order valence-electron chi connectivity index (χ4n) is 1.20. The topological polar surface area (TPSA) is 39.8 Å². The number of aromatic nitrogens is 2. The lowest BCUT2D eigenvalue weighted by Crippen LogP contribution is -2.30. The van der Waals surface area contributed by atoms with Gasteiger partial charge in [0.2, 0.25) is 0 Å². The van der Waals surface area contributed by atoms with Crippen LogP contribution in [-0.2, 0) is 0 Å². The smallest absolute Gasteiger partial charge is 0.362 e. The molecule has 0 fully saturated rings. The molecule has 0 bridgehead atoms. The number of hydrogen-bond donors (Lipinski definition) is 0. The van der Waals surface area contributed by atoms with Gasteiger partial charge in [-0.3, -0.25) is 0 Å². The third-order valence-electron chi connectivity index (χ3n) is 1.83. The highest BCUT2D eigenvalue weighted by molar-refractivity contribution is 7.98. The molecule has 1 heterocycles. The predicted octanol–water partition coefficient (Wildman–Crippen LogP) is 1.59. The van der Waals surface area contributed by atoms with Gasteiger partial charge in [-0.25, -0.2) is 4.73 Å². The quantitative estimate of drug-likeness (QED) is 0.298. The first-order valence-electron chi connectivity index (χ1n) is 3.84. The van der Waals surface area contributed by atoms with E-state index in [1.165, 1.54) is 11.8 Å². The number of para-hydroxylation sites is 1. The van der Waals surface area contributed by atoms with Crippen molar-refractivity contribution in [3.05, 3.63) is 35.7 Å². The van der Waals surface area contributed by atoms with Crippen molar-refractivity contribution in [3.63, 3.8) is 0 Å². The summed E-state index contributed by atoms with van der Waals surface area (Å²) >= 11 is 1.35. The third-order valence-corrected chi connectivity index (χ3v) is 2.46. The van der Waals surface area contributed by atoms with Gasteiger partial charge in [-0.1, -0.05) is 12.1 Å². The summed E-state index contributed by atoms with van der Waals surface area (Å²) in [6.45, 7) is 0. The minimum atomic E-state index is 0.485. The molecule has 4 heteroatoms. The molecular weight excluding hydrogens is 184 g/mol. The van der Waals surface area contributed by atoms with Gasteiger partial charge < -0.3 is 5.21 Å². The molecule has 0 unspecified atom stereocenters. The van der Waals surface area contributed by atoms with E-state index >= 15 is 0 Å². The summed E-state index contributed by atoms with van der Waals surface area (Å²) in [5, 5.41) is 12.9. The SMILES string of the molecule is CSc1ncc2ccccc2[n+]1[O-]. The zero-order valence-electron chi connectivity index (χ0n) is 7.10. The minimum absolute atomic E-state index is 0.485. The zero-order chi connectivity index (χ0) is 9.26. The normalized spacial score (nSPS) is 10.5. The highest BCUT2D eigenvalue weighted by Crippen LogP contribution is 2.12. The van der Waals surface area contributed by atoms with Crippen LogP contribution in [0.25, 0.3) is 10.9 Å². The van der Waals surface area contributed by atoms with E-state index in [1.54, 1.807) is 12.3 Å². The Morgan fingerprint density at radius 1 is 1.38 bits per heavy atom. The highest BCUT2D eigenvalue weighted by atomic mass is 32.2. The largest absolute Gasteiger partial charge is 0.710 e. The molecule has 1 aromatic carbocycles. The van der Waals surface area contributed by atoms with E-state index in [9.17, 15) is 5.21 Å². The molecule has 0 aliphatic rings. The first-order valence-corrected chi connectivity index (χ1v) is 5.06. The number of hydrogen-bond acceptors (Lipinski definition) is 3. The van der Waals surface area contributed by atoms with Crippen LogP contribution in [0, 0.1) is 5.21 Å². The molecule has 66 valence electrons.